The van der Waals surface area contributed by atoms with E-state index >= 15 is 0 Å². The molecule has 0 bridgehead atoms. The highest BCUT2D eigenvalue weighted by Gasteiger charge is 2.48. The molecule has 3 aliphatic heterocycles. The summed E-state index contributed by atoms with van der Waals surface area (Å²) in [6.45, 7) is -0.384. The van der Waals surface area contributed by atoms with Crippen LogP contribution in [-0.4, -0.2) is 75.1 Å². The van der Waals surface area contributed by atoms with Gasteiger partial charge in [0.15, 0.2) is 0 Å². The van der Waals surface area contributed by atoms with Gasteiger partial charge in [-0.25, -0.2) is 9.98 Å². The van der Waals surface area contributed by atoms with Crippen LogP contribution < -0.4 is 5.43 Å². The predicted molar refractivity (Wildman–Crippen MR) is 70.6 cm³/mol. The molecule has 3 aliphatic rings. The van der Waals surface area contributed by atoms with Gasteiger partial charge in [0.2, 0.25) is 0 Å². The highest BCUT2D eigenvalue weighted by Crippen LogP contribution is 2.25. The lowest BCUT2D eigenvalue weighted by molar-refractivity contribution is -0.00982. The molecule has 0 aliphatic carbocycles. The third-order valence-electron chi connectivity index (χ3n) is 3.29. The number of nitrogens with zero attached hydrogens (tertiary/aromatic N) is 3. The Morgan fingerprint density at radius 2 is 2.11 bits per heavy atom. The Labute approximate surface area is 113 Å². The Morgan fingerprint density at radius 3 is 2.79 bits per heavy atom. The molecule has 0 spiro atoms. The largest absolute Gasteiger partial charge is 0.394 e. The van der Waals surface area contributed by atoms with Crippen LogP contribution in [0.5, 0.6) is 0 Å². The Balaban J connectivity index is 1.86. The second-order valence-electron chi connectivity index (χ2n) is 4.42. The highest BCUT2D eigenvalue weighted by atomic mass is 32.1. The number of thiocarbonyl (C=S) groups is 1. The van der Waals surface area contributed by atoms with E-state index in [1.54, 1.807) is 0 Å². The van der Waals surface area contributed by atoms with Gasteiger partial charge in [0.25, 0.3) is 0 Å². The molecule has 0 amide bonds. The van der Waals surface area contributed by atoms with E-state index in [-0.39, 0.29) is 6.61 Å². The van der Waals surface area contributed by atoms with Crippen LogP contribution in [0.2, 0.25) is 0 Å². The van der Waals surface area contributed by atoms with E-state index in [4.69, 9.17) is 22.1 Å². The van der Waals surface area contributed by atoms with Crippen molar-refractivity contribution in [2.45, 2.75) is 30.5 Å². The molecule has 0 saturated carbocycles. The van der Waals surface area contributed by atoms with Crippen LogP contribution >= 0.6 is 12.2 Å². The molecule has 1 saturated heterocycles. The lowest BCUT2D eigenvalue weighted by atomic mass is 9.98. The number of ether oxygens (including phenoxy) is 1. The number of hydrogen-bond donors (Lipinski definition) is 4. The van der Waals surface area contributed by atoms with E-state index < -0.39 is 30.5 Å². The lowest BCUT2D eigenvalue weighted by Gasteiger charge is -2.17. The summed E-state index contributed by atoms with van der Waals surface area (Å²) in [4.78, 5) is 8.37. The first kappa shape index (κ1) is 12.8. The zero-order valence-electron chi connectivity index (χ0n) is 9.67. The third kappa shape index (κ3) is 1.90. The number of aliphatic imine (C=N–C) groups is 2. The van der Waals surface area contributed by atoms with E-state index in [1.807, 2.05) is 0 Å². The molecule has 3 heterocycles. The maximum Gasteiger partial charge on any atom is 0.140 e. The lowest BCUT2D eigenvalue weighted by Crippen LogP contribution is -2.44. The number of fused-ring (bicyclic) bond motifs is 1. The quantitative estimate of drug-likeness (QED) is 0.420. The fourth-order valence-corrected chi connectivity index (χ4v) is 2.48. The van der Waals surface area contributed by atoms with Gasteiger partial charge >= 0.3 is 0 Å². The van der Waals surface area contributed by atoms with Crippen molar-refractivity contribution in [3.63, 3.8) is 0 Å². The van der Waals surface area contributed by atoms with E-state index in [9.17, 15) is 10.2 Å². The fourth-order valence-electron chi connectivity index (χ4n) is 2.27. The van der Waals surface area contributed by atoms with Crippen LogP contribution in [0, 0.1) is 0 Å². The van der Waals surface area contributed by atoms with E-state index in [0.29, 0.717) is 16.4 Å². The maximum atomic E-state index is 9.96. The van der Waals surface area contributed by atoms with Gasteiger partial charge in [-0.1, -0.05) is 12.2 Å². The van der Waals surface area contributed by atoms with Crippen LogP contribution in [0.4, 0.5) is 0 Å². The monoisotopic (exact) mass is 284 g/mol. The molecule has 0 aromatic rings. The van der Waals surface area contributed by atoms with Crippen LogP contribution in [-0.2, 0) is 4.74 Å². The van der Waals surface area contributed by atoms with Crippen LogP contribution in [0.15, 0.2) is 15.1 Å². The molecular formula is C10H12N4O4S. The van der Waals surface area contributed by atoms with Crippen LogP contribution in [0.3, 0.4) is 0 Å². The molecule has 1 unspecified atom stereocenters. The molecule has 8 nitrogen and oxygen atoms in total. The molecule has 5 atom stereocenters. The van der Waals surface area contributed by atoms with Crippen molar-refractivity contribution in [2.24, 2.45) is 15.1 Å². The Morgan fingerprint density at radius 1 is 1.32 bits per heavy atom. The first-order valence-electron chi connectivity index (χ1n) is 5.73. The van der Waals surface area contributed by atoms with Crippen molar-refractivity contribution in [1.29, 1.82) is 0 Å². The summed E-state index contributed by atoms with van der Waals surface area (Å²) in [5.41, 5.74) is 3.67. The van der Waals surface area contributed by atoms with Gasteiger partial charge in [-0.05, 0) is 0 Å². The average molecular weight is 284 g/mol. The SMILES string of the molecule is OC[C@H]1O[C@@H](C2=NNC3C(=S)N=CN=C23)[C@H](O)[C@@H]1O. The molecule has 3 rings (SSSR count). The number of aliphatic hydroxyl groups excluding tert-OH is 3. The molecule has 19 heavy (non-hydrogen) atoms. The van der Waals surface area contributed by atoms with E-state index in [2.05, 4.69) is 20.5 Å². The fraction of sp³-hybridized carbons (Fsp3) is 0.600. The van der Waals surface area contributed by atoms with Crippen molar-refractivity contribution in [3.8, 4) is 0 Å². The summed E-state index contributed by atoms with van der Waals surface area (Å²) < 4.78 is 5.41. The van der Waals surface area contributed by atoms with E-state index in [1.165, 1.54) is 6.34 Å². The zero-order valence-corrected chi connectivity index (χ0v) is 10.5. The summed E-state index contributed by atoms with van der Waals surface area (Å²) in [5.74, 6) is 0. The smallest absolute Gasteiger partial charge is 0.140 e. The summed E-state index contributed by atoms with van der Waals surface area (Å²) in [6.07, 6.45) is -2.71. The number of hydrazone groups is 1. The molecule has 102 valence electrons. The highest BCUT2D eigenvalue weighted by molar-refractivity contribution is 7.80. The van der Waals surface area contributed by atoms with Gasteiger partial charge in [0.05, 0.1) is 12.3 Å². The number of rotatable bonds is 2. The second kappa shape index (κ2) is 4.69. The topological polar surface area (TPSA) is 119 Å². The van der Waals surface area contributed by atoms with Gasteiger partial charge in [-0.2, -0.15) is 5.10 Å². The number of hydrogen-bond acceptors (Lipinski definition) is 8. The molecule has 0 aromatic heterocycles. The first-order chi connectivity index (χ1) is 9.13. The molecule has 4 N–H and O–H groups in total. The van der Waals surface area contributed by atoms with Gasteiger partial charge < -0.3 is 20.1 Å². The Kier molecular flexibility index (Phi) is 3.15. The minimum Gasteiger partial charge on any atom is -0.394 e. The second-order valence-corrected chi connectivity index (χ2v) is 4.83. The van der Waals surface area contributed by atoms with Crippen molar-refractivity contribution in [1.82, 2.24) is 5.43 Å². The molecule has 0 aromatic carbocycles. The standard InChI is InChI=1S/C10H12N4O4S/c15-1-3-7(16)8(17)9(18-3)5-4-6(14-13-5)10(19)12-2-11-4/h2-3,6-9,14-17H,1H2/t3-,6?,7-,8-,9+/m1/s1. The molecule has 0 radical (unpaired) electrons. The van der Waals surface area contributed by atoms with Gasteiger partial charge in [-0.3, -0.25) is 5.43 Å². The predicted octanol–water partition coefficient (Wildman–Crippen LogP) is -2.39. The van der Waals surface area contributed by atoms with E-state index in [0.717, 1.165) is 0 Å². The van der Waals surface area contributed by atoms with Crippen molar-refractivity contribution in [2.75, 3.05) is 6.61 Å². The molecule has 1 fully saturated rings. The Hall–Kier alpha value is -1.26. The number of nitrogens with one attached hydrogen (secondary N) is 1. The minimum atomic E-state index is -1.17. The van der Waals surface area contributed by atoms with Crippen LogP contribution in [0.1, 0.15) is 0 Å². The van der Waals surface area contributed by atoms with Crippen molar-refractivity contribution < 1.29 is 20.1 Å². The summed E-state index contributed by atoms with van der Waals surface area (Å²) in [5, 5.41) is 32.8. The third-order valence-corrected chi connectivity index (χ3v) is 3.63. The summed E-state index contributed by atoms with van der Waals surface area (Å²) in [7, 11) is 0. The van der Waals surface area contributed by atoms with Gasteiger partial charge in [0, 0.05) is 0 Å². The summed E-state index contributed by atoms with van der Waals surface area (Å²) in [6, 6.07) is -0.406. The zero-order chi connectivity index (χ0) is 13.6. The first-order valence-corrected chi connectivity index (χ1v) is 6.14. The molecular weight excluding hydrogens is 272 g/mol. The summed E-state index contributed by atoms with van der Waals surface area (Å²) >= 11 is 5.06. The van der Waals surface area contributed by atoms with Gasteiger partial charge in [-0.15, -0.1) is 0 Å². The maximum absolute atomic E-state index is 9.96. The van der Waals surface area contributed by atoms with Crippen molar-refractivity contribution >= 4 is 35.0 Å². The normalized spacial score (nSPS) is 40.8. The van der Waals surface area contributed by atoms with Crippen molar-refractivity contribution in [3.05, 3.63) is 0 Å². The number of aliphatic hydroxyl groups is 3. The average Bonchev–Trinajstić information content (AvgIpc) is 2.94. The molecule has 9 heteroatoms. The minimum absolute atomic E-state index is 0.376. The van der Waals surface area contributed by atoms with Gasteiger partial charge in [0.1, 0.15) is 47.5 Å². The van der Waals surface area contributed by atoms with Crippen LogP contribution in [0.25, 0.3) is 0 Å². The Bertz CT molecular complexity index is 506.